The minimum absolute atomic E-state index is 0.0533. The van der Waals surface area contributed by atoms with Crippen LogP contribution < -0.4 is 0 Å². The van der Waals surface area contributed by atoms with E-state index >= 15 is 0 Å². The second-order valence-electron chi connectivity index (χ2n) is 13.9. The Morgan fingerprint density at radius 2 is 1.84 bits per heavy atom. The fourth-order valence-corrected chi connectivity index (χ4v) is 7.16. The predicted molar refractivity (Wildman–Crippen MR) is 169 cm³/mol. The Kier molecular flexibility index (Phi) is 11.9. The van der Waals surface area contributed by atoms with Crippen molar-refractivity contribution in [3.8, 4) is 0 Å². The maximum atomic E-state index is 14.0. The fraction of sp³-hybridized carbons (Fsp3) is 0.694. The van der Waals surface area contributed by atoms with E-state index < -0.39 is 41.9 Å². The summed E-state index contributed by atoms with van der Waals surface area (Å²) in [4.78, 5) is 14.0. The Morgan fingerprint density at radius 1 is 1.09 bits per heavy atom. The molecule has 0 spiro atoms. The van der Waals surface area contributed by atoms with Crippen LogP contribution in [-0.2, 0) is 23.7 Å². The molecule has 4 rings (SSSR count). The largest absolute Gasteiger partial charge is 0.462 e. The van der Waals surface area contributed by atoms with E-state index in [4.69, 9.17) is 18.9 Å². The molecule has 3 heterocycles. The molecule has 0 saturated carbocycles. The molecule has 2 bridgehead atoms. The molecule has 44 heavy (non-hydrogen) atoms. The number of carbonyl (C=O) groups is 1. The molecule has 4 aliphatic rings. The van der Waals surface area contributed by atoms with Gasteiger partial charge in [0.15, 0.2) is 0 Å². The Labute approximate surface area is 263 Å². The lowest BCUT2D eigenvalue weighted by Gasteiger charge is -2.41. The number of hydrogen-bond donors (Lipinski definition) is 3. The molecular formula is C36H54O8. The highest BCUT2D eigenvalue weighted by Gasteiger charge is 2.59. The molecule has 0 aromatic rings. The van der Waals surface area contributed by atoms with Gasteiger partial charge in [-0.15, -0.1) is 0 Å². The summed E-state index contributed by atoms with van der Waals surface area (Å²) < 4.78 is 24.7. The van der Waals surface area contributed by atoms with Crippen LogP contribution in [0.15, 0.2) is 58.7 Å². The van der Waals surface area contributed by atoms with Crippen LogP contribution in [0.2, 0.25) is 0 Å². The van der Waals surface area contributed by atoms with E-state index in [0.29, 0.717) is 42.7 Å². The van der Waals surface area contributed by atoms with Crippen LogP contribution in [-0.4, -0.2) is 76.9 Å². The van der Waals surface area contributed by atoms with Crippen molar-refractivity contribution in [2.75, 3.05) is 13.4 Å². The van der Waals surface area contributed by atoms with Crippen molar-refractivity contribution in [3.05, 3.63) is 58.7 Å². The Balaban J connectivity index is 1.70. The maximum absolute atomic E-state index is 14.0. The van der Waals surface area contributed by atoms with Crippen molar-refractivity contribution in [3.63, 3.8) is 0 Å². The third kappa shape index (κ3) is 8.01. The zero-order chi connectivity index (χ0) is 32.2. The van der Waals surface area contributed by atoms with Gasteiger partial charge in [-0.05, 0) is 75.0 Å². The second kappa shape index (κ2) is 15.0. The van der Waals surface area contributed by atoms with E-state index in [1.165, 1.54) is 5.57 Å². The van der Waals surface area contributed by atoms with Gasteiger partial charge in [0.1, 0.15) is 36.6 Å². The van der Waals surface area contributed by atoms with E-state index in [9.17, 15) is 20.1 Å². The number of carbonyl (C=O) groups excluding carboxylic acids is 1. The summed E-state index contributed by atoms with van der Waals surface area (Å²) in [5.41, 5.74) is 1.64. The fourth-order valence-electron chi connectivity index (χ4n) is 7.16. The molecule has 3 aliphatic heterocycles. The Morgan fingerprint density at radius 3 is 2.57 bits per heavy atom. The first-order valence-electron chi connectivity index (χ1n) is 16.3. The molecule has 0 radical (unpaired) electrons. The van der Waals surface area contributed by atoms with Crippen LogP contribution in [0.4, 0.5) is 0 Å². The first kappa shape index (κ1) is 34.8. The molecule has 2 saturated heterocycles. The molecule has 8 heteroatoms. The minimum Gasteiger partial charge on any atom is -0.462 e. The normalized spacial score (nSPS) is 43.0. The smallest absolute Gasteiger partial charge is 0.316 e. The number of esters is 1. The summed E-state index contributed by atoms with van der Waals surface area (Å²) in [7, 11) is 0. The summed E-state index contributed by atoms with van der Waals surface area (Å²) >= 11 is 0. The van der Waals surface area contributed by atoms with Crippen molar-refractivity contribution in [2.45, 2.75) is 123 Å². The predicted octanol–water partition coefficient (Wildman–Crippen LogP) is 5.34. The van der Waals surface area contributed by atoms with Gasteiger partial charge in [0.2, 0.25) is 0 Å². The van der Waals surface area contributed by atoms with E-state index in [1.54, 1.807) is 13.0 Å². The topological polar surface area (TPSA) is 115 Å². The summed E-state index contributed by atoms with van der Waals surface area (Å²) in [6.45, 7) is 14.4. The molecule has 0 aromatic carbocycles. The molecule has 0 unspecified atom stereocenters. The zero-order valence-corrected chi connectivity index (χ0v) is 27.6. The lowest BCUT2D eigenvalue weighted by Crippen LogP contribution is -2.57. The first-order valence-corrected chi connectivity index (χ1v) is 16.3. The number of ether oxygens (including phenoxy) is 4. The average molecular weight is 615 g/mol. The van der Waals surface area contributed by atoms with Gasteiger partial charge in [0.05, 0.1) is 24.9 Å². The number of hydrogen-bond acceptors (Lipinski definition) is 8. The second-order valence-corrected chi connectivity index (χ2v) is 13.9. The van der Waals surface area contributed by atoms with Crippen molar-refractivity contribution >= 4 is 5.97 Å². The quantitative estimate of drug-likeness (QED) is 0.282. The van der Waals surface area contributed by atoms with Gasteiger partial charge in [-0.25, -0.2) is 0 Å². The number of aliphatic hydroxyl groups excluding tert-OH is 2. The van der Waals surface area contributed by atoms with E-state index in [0.717, 1.165) is 12.0 Å². The van der Waals surface area contributed by atoms with E-state index in [1.807, 2.05) is 26.0 Å². The minimum atomic E-state index is -1.74. The zero-order valence-electron chi connectivity index (χ0n) is 27.6. The molecule has 8 nitrogen and oxygen atoms in total. The SMILES string of the molecule is CC1=C[C@H]2C(=O)O[C@@H]3CC[C@H](O)[C@H](C)[C@@H](/C(C)=C/C(C)C)OCO[C@H](C/C=C(\C)C[C@@H](C)/C=C/C=C4\CO[C@H]([C@@H]1O)[C@@]42O)C3. The van der Waals surface area contributed by atoms with Gasteiger partial charge in [0.25, 0.3) is 0 Å². The lowest BCUT2D eigenvalue weighted by atomic mass is 9.71. The van der Waals surface area contributed by atoms with Crippen LogP contribution in [0.1, 0.15) is 80.6 Å². The first-order chi connectivity index (χ1) is 20.8. The number of rotatable bonds is 2. The highest BCUT2D eigenvalue weighted by Crippen LogP contribution is 2.45. The maximum Gasteiger partial charge on any atom is 0.316 e. The number of allylic oxidation sites excluding steroid dienone is 5. The molecule has 0 amide bonds. The van der Waals surface area contributed by atoms with Gasteiger partial charge in [-0.2, -0.15) is 0 Å². The van der Waals surface area contributed by atoms with Gasteiger partial charge in [-0.3, -0.25) is 4.79 Å². The molecular weight excluding hydrogens is 560 g/mol. The van der Waals surface area contributed by atoms with Gasteiger partial charge >= 0.3 is 5.97 Å². The number of aliphatic hydroxyl groups is 3. The van der Waals surface area contributed by atoms with E-state index in [2.05, 4.69) is 45.9 Å². The third-order valence-electron chi connectivity index (χ3n) is 9.66. The average Bonchev–Trinajstić information content (AvgIpc) is 3.28. The van der Waals surface area contributed by atoms with Crippen molar-refractivity contribution in [2.24, 2.45) is 23.7 Å². The van der Waals surface area contributed by atoms with Gasteiger partial charge in [-0.1, -0.05) is 69.7 Å². The van der Waals surface area contributed by atoms with Gasteiger partial charge in [0, 0.05) is 12.3 Å². The standard InChI is InChI=1S/C36H54O8/c1-21(2)15-25(6)33-26(7)31(37)14-13-29-18-28(42-20-43-33)12-11-23(4)16-22(3)9-8-10-27-19-41-34-32(38)24(5)17-30(35(39)44-29)36(27,34)40/h8-11,15,17,21-22,26,28-34,37-38,40H,12-14,16,18-20H2,1-7H3/b9-8+,23-11+,25-15+,27-10+/t22-,26-,28+,29+,30-,31-,32+,33+,34+,36+/m0/s1. The molecule has 10 atom stereocenters. The highest BCUT2D eigenvalue weighted by molar-refractivity contribution is 5.78. The Bertz CT molecular complexity index is 1160. The highest BCUT2D eigenvalue weighted by atomic mass is 16.7. The summed E-state index contributed by atoms with van der Waals surface area (Å²) in [5.74, 6) is -1.25. The van der Waals surface area contributed by atoms with Crippen LogP contribution in [0.5, 0.6) is 0 Å². The molecule has 2 fully saturated rings. The van der Waals surface area contributed by atoms with Crippen LogP contribution in [0, 0.1) is 23.7 Å². The van der Waals surface area contributed by atoms with E-state index in [-0.39, 0.29) is 37.4 Å². The summed E-state index contributed by atoms with van der Waals surface area (Å²) in [5, 5.41) is 34.3. The van der Waals surface area contributed by atoms with Crippen LogP contribution in [0.3, 0.4) is 0 Å². The van der Waals surface area contributed by atoms with Crippen LogP contribution in [0.25, 0.3) is 0 Å². The van der Waals surface area contributed by atoms with Crippen molar-refractivity contribution in [1.82, 2.24) is 0 Å². The monoisotopic (exact) mass is 614 g/mol. The molecule has 246 valence electrons. The number of fused-ring (bicyclic) bond motifs is 2. The third-order valence-corrected chi connectivity index (χ3v) is 9.66. The van der Waals surface area contributed by atoms with Gasteiger partial charge < -0.3 is 34.3 Å². The molecule has 3 N–H and O–H groups in total. The summed E-state index contributed by atoms with van der Waals surface area (Å²) in [6.07, 6.45) is 10.7. The Hall–Kier alpha value is -2.07. The van der Waals surface area contributed by atoms with Crippen molar-refractivity contribution < 1.29 is 39.1 Å². The summed E-state index contributed by atoms with van der Waals surface area (Å²) in [6, 6.07) is 0. The molecule has 1 aliphatic carbocycles. The lowest BCUT2D eigenvalue weighted by molar-refractivity contribution is -0.171. The van der Waals surface area contributed by atoms with Crippen LogP contribution >= 0.6 is 0 Å². The molecule has 0 aromatic heterocycles. The van der Waals surface area contributed by atoms with Crippen molar-refractivity contribution in [1.29, 1.82) is 0 Å².